The Kier molecular flexibility index (Phi) is 7.32. The fourth-order valence-electron chi connectivity index (χ4n) is 3.17. The number of hydrogen-bond acceptors (Lipinski definition) is 5. The lowest BCUT2D eigenvalue weighted by atomic mass is 9.94. The Labute approximate surface area is 152 Å². The van der Waals surface area contributed by atoms with Crippen LogP contribution in [0.2, 0.25) is 0 Å². The number of nitrogens with zero attached hydrogens (tertiary/aromatic N) is 2. The van der Waals surface area contributed by atoms with Crippen molar-refractivity contribution in [3.05, 3.63) is 46.0 Å². The predicted molar refractivity (Wildman–Crippen MR) is 97.3 cm³/mol. The quantitative estimate of drug-likeness (QED) is 0.322. The van der Waals surface area contributed by atoms with E-state index in [2.05, 4.69) is 0 Å². The van der Waals surface area contributed by atoms with Crippen molar-refractivity contribution in [3.63, 3.8) is 0 Å². The van der Waals surface area contributed by atoms with Gasteiger partial charge in [0, 0.05) is 30.8 Å². The second-order valence-corrected chi connectivity index (χ2v) is 6.26. The monoisotopic (exact) mass is 360 g/mol. The molecule has 0 N–H and O–H groups in total. The van der Waals surface area contributed by atoms with Crippen molar-refractivity contribution in [1.29, 1.82) is 0 Å². The molecule has 26 heavy (non-hydrogen) atoms. The molecule has 7 nitrogen and oxygen atoms in total. The average molecular weight is 360 g/mol. The number of likely N-dealkylation sites (N-methyl/N-ethyl adjacent to an activating group) is 1. The molecular formula is C19H24N2O5. The zero-order chi connectivity index (χ0) is 18.9. The lowest BCUT2D eigenvalue weighted by Gasteiger charge is -2.33. The van der Waals surface area contributed by atoms with E-state index in [0.717, 1.165) is 25.7 Å². The fourth-order valence-corrected chi connectivity index (χ4v) is 3.17. The van der Waals surface area contributed by atoms with Crippen molar-refractivity contribution in [2.45, 2.75) is 45.1 Å². The molecule has 1 aromatic rings. The molecule has 1 fully saturated rings. The van der Waals surface area contributed by atoms with Gasteiger partial charge in [-0.1, -0.05) is 19.3 Å². The van der Waals surface area contributed by atoms with E-state index in [-0.39, 0.29) is 24.2 Å². The van der Waals surface area contributed by atoms with Gasteiger partial charge in [0.15, 0.2) is 6.61 Å². The molecule has 0 aromatic heterocycles. The molecular weight excluding hydrogens is 336 g/mol. The summed E-state index contributed by atoms with van der Waals surface area (Å²) < 4.78 is 5.04. The molecule has 0 spiro atoms. The highest BCUT2D eigenvalue weighted by Crippen LogP contribution is 2.22. The van der Waals surface area contributed by atoms with Crippen molar-refractivity contribution in [2.75, 3.05) is 13.2 Å². The van der Waals surface area contributed by atoms with Gasteiger partial charge in [0.1, 0.15) is 0 Å². The number of non-ortho nitro benzene ring substituents is 1. The first-order valence-corrected chi connectivity index (χ1v) is 8.90. The first kappa shape index (κ1) is 19.6. The van der Waals surface area contributed by atoms with Gasteiger partial charge >= 0.3 is 5.97 Å². The third-order valence-electron chi connectivity index (χ3n) is 4.53. The fraction of sp³-hybridized carbons (Fsp3) is 0.474. The lowest BCUT2D eigenvalue weighted by Crippen LogP contribution is -2.43. The molecule has 0 atom stereocenters. The van der Waals surface area contributed by atoms with Crippen molar-refractivity contribution < 1.29 is 19.2 Å². The number of nitro groups is 1. The van der Waals surface area contributed by atoms with Gasteiger partial charge in [0.25, 0.3) is 11.6 Å². The van der Waals surface area contributed by atoms with E-state index in [9.17, 15) is 19.7 Å². The molecule has 0 heterocycles. The summed E-state index contributed by atoms with van der Waals surface area (Å²) >= 11 is 0. The summed E-state index contributed by atoms with van der Waals surface area (Å²) in [5, 5.41) is 10.6. The second kappa shape index (κ2) is 9.70. The molecule has 0 saturated heterocycles. The Morgan fingerprint density at radius 2 is 1.88 bits per heavy atom. The molecule has 140 valence electrons. The molecule has 1 aromatic carbocycles. The Bertz CT molecular complexity index is 663. The summed E-state index contributed by atoms with van der Waals surface area (Å²) in [4.78, 5) is 36.0. The summed E-state index contributed by atoms with van der Waals surface area (Å²) in [7, 11) is 0. The summed E-state index contributed by atoms with van der Waals surface area (Å²) in [6.07, 6.45) is 8.20. The van der Waals surface area contributed by atoms with E-state index in [4.69, 9.17) is 4.74 Å². The Balaban J connectivity index is 1.82. The van der Waals surface area contributed by atoms with Gasteiger partial charge in [0.2, 0.25) is 0 Å². The molecule has 0 radical (unpaired) electrons. The average Bonchev–Trinajstić information content (AvgIpc) is 2.66. The maximum Gasteiger partial charge on any atom is 0.331 e. The number of amides is 1. The number of carbonyl (C=O) groups excluding carboxylic acids is 2. The van der Waals surface area contributed by atoms with Crippen molar-refractivity contribution in [2.24, 2.45) is 0 Å². The van der Waals surface area contributed by atoms with Gasteiger partial charge < -0.3 is 9.64 Å². The minimum atomic E-state index is -0.614. The Hall–Kier alpha value is -2.70. The molecule has 2 rings (SSSR count). The summed E-state index contributed by atoms with van der Waals surface area (Å²) in [5.41, 5.74) is 0.619. The molecule has 1 aliphatic carbocycles. The van der Waals surface area contributed by atoms with E-state index in [1.807, 2.05) is 6.92 Å². The minimum Gasteiger partial charge on any atom is -0.452 e. The number of hydrogen-bond donors (Lipinski definition) is 0. The molecule has 1 amide bonds. The first-order valence-electron chi connectivity index (χ1n) is 8.90. The van der Waals surface area contributed by atoms with E-state index in [0.29, 0.717) is 12.1 Å². The van der Waals surface area contributed by atoms with Crippen LogP contribution in [0.1, 0.15) is 44.6 Å². The normalized spacial score (nSPS) is 15.0. The van der Waals surface area contributed by atoms with E-state index in [1.165, 1.54) is 42.8 Å². The number of esters is 1. The lowest BCUT2D eigenvalue weighted by molar-refractivity contribution is -0.384. The van der Waals surface area contributed by atoms with E-state index < -0.39 is 10.9 Å². The van der Waals surface area contributed by atoms with Crippen LogP contribution in [0.15, 0.2) is 30.3 Å². The van der Waals surface area contributed by atoms with Crippen LogP contribution in [0.25, 0.3) is 6.08 Å². The van der Waals surface area contributed by atoms with Gasteiger partial charge in [-0.3, -0.25) is 14.9 Å². The van der Waals surface area contributed by atoms with Crippen LogP contribution >= 0.6 is 0 Å². The smallest absolute Gasteiger partial charge is 0.331 e. The highest BCUT2D eigenvalue weighted by atomic mass is 16.6. The zero-order valence-corrected chi connectivity index (χ0v) is 14.9. The minimum absolute atomic E-state index is 0.0160. The van der Waals surface area contributed by atoms with Crippen LogP contribution in [-0.2, 0) is 14.3 Å². The SMILES string of the molecule is CCN(C(=O)COC(=O)/C=C/c1ccc([N+](=O)[O-])cc1)C1CCCCC1. The molecule has 1 saturated carbocycles. The second-order valence-electron chi connectivity index (χ2n) is 6.26. The van der Waals surface area contributed by atoms with Gasteiger partial charge in [-0.2, -0.15) is 0 Å². The number of nitro benzene ring substituents is 1. The summed E-state index contributed by atoms with van der Waals surface area (Å²) in [5.74, 6) is -0.784. The topological polar surface area (TPSA) is 89.8 Å². The van der Waals surface area contributed by atoms with Crippen LogP contribution in [0.4, 0.5) is 5.69 Å². The number of rotatable bonds is 7. The van der Waals surface area contributed by atoms with Crippen LogP contribution in [0.3, 0.4) is 0 Å². The predicted octanol–water partition coefficient (Wildman–Crippen LogP) is 3.33. The van der Waals surface area contributed by atoms with E-state index in [1.54, 1.807) is 4.90 Å². The number of carbonyl (C=O) groups is 2. The van der Waals surface area contributed by atoms with Gasteiger partial charge in [0.05, 0.1) is 4.92 Å². The van der Waals surface area contributed by atoms with Crippen LogP contribution in [0, 0.1) is 10.1 Å². The molecule has 0 unspecified atom stereocenters. The molecule has 1 aliphatic rings. The maximum atomic E-state index is 12.3. The van der Waals surface area contributed by atoms with Crippen molar-refractivity contribution in [3.8, 4) is 0 Å². The molecule has 0 bridgehead atoms. The maximum absolute atomic E-state index is 12.3. The Morgan fingerprint density at radius 1 is 1.23 bits per heavy atom. The summed E-state index contributed by atoms with van der Waals surface area (Å²) in [6, 6.07) is 6.04. The van der Waals surface area contributed by atoms with E-state index >= 15 is 0 Å². The third kappa shape index (κ3) is 5.68. The van der Waals surface area contributed by atoms with Gasteiger partial charge in [-0.05, 0) is 43.5 Å². The highest BCUT2D eigenvalue weighted by Gasteiger charge is 2.24. The standard InChI is InChI=1S/C19H24N2O5/c1-2-20(16-6-4-3-5-7-16)18(22)14-26-19(23)13-10-15-8-11-17(12-9-15)21(24)25/h8-13,16H,2-7,14H2,1H3/b13-10+. The number of benzene rings is 1. The van der Waals surface area contributed by atoms with Gasteiger partial charge in [-0.15, -0.1) is 0 Å². The zero-order valence-electron chi connectivity index (χ0n) is 14.9. The number of ether oxygens (including phenoxy) is 1. The van der Waals surface area contributed by atoms with Crippen LogP contribution in [0.5, 0.6) is 0 Å². The Morgan fingerprint density at radius 3 is 2.46 bits per heavy atom. The summed E-state index contributed by atoms with van der Waals surface area (Å²) in [6.45, 7) is 2.27. The largest absolute Gasteiger partial charge is 0.452 e. The van der Waals surface area contributed by atoms with Crippen LogP contribution < -0.4 is 0 Å². The third-order valence-corrected chi connectivity index (χ3v) is 4.53. The molecule has 7 heteroatoms. The first-order chi connectivity index (χ1) is 12.5. The highest BCUT2D eigenvalue weighted by molar-refractivity contribution is 5.89. The van der Waals surface area contributed by atoms with Gasteiger partial charge in [-0.25, -0.2) is 4.79 Å². The van der Waals surface area contributed by atoms with Crippen molar-refractivity contribution in [1.82, 2.24) is 4.90 Å². The van der Waals surface area contributed by atoms with Crippen molar-refractivity contribution >= 4 is 23.6 Å². The van der Waals surface area contributed by atoms with Crippen LogP contribution in [-0.4, -0.2) is 40.9 Å². The molecule has 0 aliphatic heterocycles.